The molecule has 1 saturated heterocycles. The van der Waals surface area contributed by atoms with Crippen LogP contribution in [0.5, 0.6) is 11.5 Å². The number of amides is 2. The van der Waals surface area contributed by atoms with Gasteiger partial charge in [0.25, 0.3) is 0 Å². The van der Waals surface area contributed by atoms with Crippen LogP contribution in [0.25, 0.3) is 11.3 Å². The van der Waals surface area contributed by atoms with Crippen LogP contribution >= 0.6 is 0 Å². The smallest absolute Gasteiger partial charge is 0.323 e. The normalized spacial score (nSPS) is 14.9. The summed E-state index contributed by atoms with van der Waals surface area (Å²) < 4.78 is 11.0. The van der Waals surface area contributed by atoms with Crippen molar-refractivity contribution in [1.29, 1.82) is 0 Å². The monoisotopic (exact) mass is 417 g/mol. The lowest BCUT2D eigenvalue weighted by molar-refractivity contribution is 0.171. The Kier molecular flexibility index (Phi) is 5.26. The predicted octanol–water partition coefficient (Wildman–Crippen LogP) is 4.16. The summed E-state index contributed by atoms with van der Waals surface area (Å²) in [6.45, 7) is 3.12. The molecule has 0 saturated carbocycles. The number of anilines is 3. The molecule has 2 amide bonds. The SMILES string of the molecule is O=C(Nc1ccc(-c2ccc(N3CCCC3)nn2)cc1)Nc1ccc2c(c1)OCCO2. The van der Waals surface area contributed by atoms with E-state index in [0.717, 1.165) is 30.2 Å². The molecule has 1 aromatic heterocycles. The lowest BCUT2D eigenvalue weighted by Crippen LogP contribution is -2.20. The van der Waals surface area contributed by atoms with Crippen LogP contribution in [0.1, 0.15) is 12.8 Å². The maximum Gasteiger partial charge on any atom is 0.323 e. The topological polar surface area (TPSA) is 88.6 Å². The molecular formula is C23H23N5O3. The van der Waals surface area contributed by atoms with Gasteiger partial charge in [0.05, 0.1) is 5.69 Å². The Morgan fingerprint density at radius 1 is 0.806 bits per heavy atom. The van der Waals surface area contributed by atoms with Crippen LogP contribution in [-0.2, 0) is 0 Å². The Bertz CT molecular complexity index is 1060. The van der Waals surface area contributed by atoms with Crippen molar-refractivity contribution < 1.29 is 14.3 Å². The van der Waals surface area contributed by atoms with E-state index in [1.807, 2.05) is 36.4 Å². The average molecular weight is 417 g/mol. The fourth-order valence-corrected chi connectivity index (χ4v) is 3.73. The maximum absolute atomic E-state index is 12.3. The van der Waals surface area contributed by atoms with Crippen molar-refractivity contribution in [2.24, 2.45) is 0 Å². The van der Waals surface area contributed by atoms with Crippen LogP contribution in [0.2, 0.25) is 0 Å². The van der Waals surface area contributed by atoms with E-state index >= 15 is 0 Å². The number of fused-ring (bicyclic) bond motifs is 1. The molecule has 1 fully saturated rings. The zero-order chi connectivity index (χ0) is 21.0. The zero-order valence-corrected chi connectivity index (χ0v) is 17.0. The molecule has 2 aliphatic rings. The lowest BCUT2D eigenvalue weighted by atomic mass is 10.1. The highest BCUT2D eigenvalue weighted by Crippen LogP contribution is 2.32. The number of ether oxygens (including phenoxy) is 2. The van der Waals surface area contributed by atoms with Crippen LogP contribution in [0.15, 0.2) is 54.6 Å². The molecule has 0 aliphatic carbocycles. The van der Waals surface area contributed by atoms with E-state index < -0.39 is 0 Å². The Morgan fingerprint density at radius 3 is 2.26 bits per heavy atom. The summed E-state index contributed by atoms with van der Waals surface area (Å²) in [5.74, 6) is 2.24. The van der Waals surface area contributed by atoms with E-state index in [1.54, 1.807) is 18.2 Å². The van der Waals surface area contributed by atoms with E-state index in [4.69, 9.17) is 9.47 Å². The molecule has 158 valence electrons. The van der Waals surface area contributed by atoms with Gasteiger partial charge in [-0.05, 0) is 49.2 Å². The Labute approximate surface area is 180 Å². The van der Waals surface area contributed by atoms with E-state index in [-0.39, 0.29) is 6.03 Å². The largest absolute Gasteiger partial charge is 0.486 e. The van der Waals surface area contributed by atoms with Crippen molar-refractivity contribution in [3.05, 3.63) is 54.6 Å². The van der Waals surface area contributed by atoms with E-state index in [9.17, 15) is 4.79 Å². The number of carbonyl (C=O) groups is 1. The number of benzene rings is 2. The molecule has 0 unspecified atom stereocenters. The first-order chi connectivity index (χ1) is 15.2. The maximum atomic E-state index is 12.3. The van der Waals surface area contributed by atoms with E-state index in [1.165, 1.54) is 12.8 Å². The molecule has 8 heteroatoms. The van der Waals surface area contributed by atoms with Gasteiger partial charge in [-0.25, -0.2) is 4.79 Å². The van der Waals surface area contributed by atoms with Crippen LogP contribution in [0.4, 0.5) is 22.0 Å². The summed E-state index contributed by atoms with van der Waals surface area (Å²) in [7, 11) is 0. The van der Waals surface area contributed by atoms with Crippen LogP contribution in [0.3, 0.4) is 0 Å². The molecule has 5 rings (SSSR count). The van der Waals surface area contributed by atoms with Gasteiger partial charge in [-0.3, -0.25) is 0 Å². The second-order valence-corrected chi connectivity index (χ2v) is 7.49. The van der Waals surface area contributed by atoms with Crippen LogP contribution in [0, 0.1) is 0 Å². The van der Waals surface area contributed by atoms with Crippen LogP contribution < -0.4 is 25.0 Å². The Balaban J connectivity index is 1.20. The third kappa shape index (κ3) is 4.37. The van der Waals surface area contributed by atoms with E-state index in [0.29, 0.717) is 36.1 Å². The number of rotatable bonds is 4. The molecule has 2 N–H and O–H groups in total. The van der Waals surface area contributed by atoms with Gasteiger partial charge in [-0.1, -0.05) is 12.1 Å². The summed E-state index contributed by atoms with van der Waals surface area (Å²) in [5.41, 5.74) is 3.06. The van der Waals surface area contributed by atoms with Crippen LogP contribution in [-0.4, -0.2) is 42.5 Å². The molecule has 0 spiro atoms. The van der Waals surface area contributed by atoms with Gasteiger partial charge in [0, 0.05) is 36.1 Å². The lowest BCUT2D eigenvalue weighted by Gasteiger charge is -2.19. The van der Waals surface area contributed by atoms with E-state index in [2.05, 4.69) is 25.7 Å². The quantitative estimate of drug-likeness (QED) is 0.663. The van der Waals surface area contributed by atoms with Crippen molar-refractivity contribution in [2.75, 3.05) is 41.8 Å². The van der Waals surface area contributed by atoms with Crippen molar-refractivity contribution in [3.8, 4) is 22.8 Å². The minimum Gasteiger partial charge on any atom is -0.486 e. The highest BCUT2D eigenvalue weighted by molar-refractivity contribution is 6.00. The number of urea groups is 1. The summed E-state index contributed by atoms with van der Waals surface area (Å²) >= 11 is 0. The van der Waals surface area contributed by atoms with Gasteiger partial charge in [-0.2, -0.15) is 0 Å². The fraction of sp³-hybridized carbons (Fsp3) is 0.261. The number of nitrogens with one attached hydrogen (secondary N) is 2. The summed E-state index contributed by atoms with van der Waals surface area (Å²) in [4.78, 5) is 14.6. The van der Waals surface area contributed by atoms with Gasteiger partial charge < -0.3 is 25.0 Å². The molecule has 0 atom stereocenters. The number of carbonyl (C=O) groups excluding carboxylic acids is 1. The zero-order valence-electron chi connectivity index (χ0n) is 17.0. The minimum atomic E-state index is -0.334. The van der Waals surface area contributed by atoms with Crippen molar-refractivity contribution in [1.82, 2.24) is 10.2 Å². The highest BCUT2D eigenvalue weighted by Gasteiger charge is 2.15. The Morgan fingerprint density at radius 2 is 1.52 bits per heavy atom. The number of aromatic nitrogens is 2. The molecular weight excluding hydrogens is 394 g/mol. The second kappa shape index (κ2) is 8.51. The van der Waals surface area contributed by atoms with Crippen molar-refractivity contribution >= 4 is 23.2 Å². The van der Waals surface area contributed by atoms with Gasteiger partial charge in [0.1, 0.15) is 13.2 Å². The van der Waals surface area contributed by atoms with Crippen molar-refractivity contribution in [2.45, 2.75) is 12.8 Å². The van der Waals surface area contributed by atoms with Crippen molar-refractivity contribution in [3.63, 3.8) is 0 Å². The molecule has 3 aromatic rings. The highest BCUT2D eigenvalue weighted by atomic mass is 16.6. The molecule has 0 bridgehead atoms. The third-order valence-electron chi connectivity index (χ3n) is 5.32. The predicted molar refractivity (Wildman–Crippen MR) is 119 cm³/mol. The second-order valence-electron chi connectivity index (χ2n) is 7.49. The molecule has 0 radical (unpaired) electrons. The standard InChI is InChI=1S/C23H23N5O3/c29-23(25-18-7-9-20-21(15-18)31-14-13-30-20)24-17-5-3-16(4-6-17)19-8-10-22(27-26-19)28-11-1-2-12-28/h3-10,15H,1-2,11-14H2,(H2,24,25,29). The Hall–Kier alpha value is -3.81. The molecule has 31 heavy (non-hydrogen) atoms. The minimum absolute atomic E-state index is 0.334. The summed E-state index contributed by atoms with van der Waals surface area (Å²) in [5, 5.41) is 14.4. The first-order valence-electron chi connectivity index (χ1n) is 10.4. The number of hydrogen-bond acceptors (Lipinski definition) is 6. The van der Waals surface area contributed by atoms with Gasteiger partial charge in [0.2, 0.25) is 0 Å². The summed E-state index contributed by atoms with van der Waals surface area (Å²) in [6.07, 6.45) is 2.42. The average Bonchev–Trinajstić information content (AvgIpc) is 3.35. The van der Waals surface area contributed by atoms with Gasteiger partial charge in [0.15, 0.2) is 17.3 Å². The third-order valence-corrected chi connectivity index (χ3v) is 5.32. The molecule has 2 aliphatic heterocycles. The molecule has 2 aromatic carbocycles. The fourth-order valence-electron chi connectivity index (χ4n) is 3.73. The van der Waals surface area contributed by atoms with Gasteiger partial charge in [-0.15, -0.1) is 10.2 Å². The number of hydrogen-bond donors (Lipinski definition) is 2. The first kappa shape index (κ1) is 19.2. The first-order valence-corrected chi connectivity index (χ1v) is 10.4. The molecule has 3 heterocycles. The van der Waals surface area contributed by atoms with Gasteiger partial charge >= 0.3 is 6.03 Å². The molecule has 8 nitrogen and oxygen atoms in total. The number of nitrogens with zero attached hydrogens (tertiary/aromatic N) is 3. The summed E-state index contributed by atoms with van der Waals surface area (Å²) in [6, 6.07) is 16.5.